The molecular weight excluding hydrogens is 514 g/mol. The molecule has 1 saturated carbocycles. The Hall–Kier alpha value is -1.47. The van der Waals surface area contributed by atoms with Gasteiger partial charge >= 0.3 is 187 Å². The van der Waals surface area contributed by atoms with Crippen LogP contribution in [-0.4, -0.2) is 3.21 Å². The van der Waals surface area contributed by atoms with E-state index in [4.69, 9.17) is 4.42 Å². The van der Waals surface area contributed by atoms with Crippen molar-refractivity contribution >= 4 is 8.78 Å². The van der Waals surface area contributed by atoms with E-state index in [0.717, 1.165) is 6.42 Å². The van der Waals surface area contributed by atoms with E-state index in [-0.39, 0.29) is 24.8 Å². The van der Waals surface area contributed by atoms with Gasteiger partial charge in [0.15, 0.2) is 0 Å². The Balaban J connectivity index is 0.00000122. The van der Waals surface area contributed by atoms with Crippen molar-refractivity contribution in [2.45, 2.75) is 42.2 Å². The zero-order valence-electron chi connectivity index (χ0n) is 18.0. The number of fused-ring (bicyclic) bond motifs is 3. The van der Waals surface area contributed by atoms with Gasteiger partial charge in [0.1, 0.15) is 0 Å². The first-order valence-corrected chi connectivity index (χ1v) is 15.1. The summed E-state index contributed by atoms with van der Waals surface area (Å²) < 4.78 is 9.84. The van der Waals surface area contributed by atoms with E-state index in [1.165, 1.54) is 54.4 Å². The average Bonchev–Trinajstić information content (AvgIpc) is 3.55. The van der Waals surface area contributed by atoms with E-state index in [9.17, 15) is 0 Å². The molecule has 162 valence electrons. The first-order chi connectivity index (χ1) is 14.9. The Kier molecular flexibility index (Phi) is 7.55. The number of halogens is 2. The summed E-state index contributed by atoms with van der Waals surface area (Å²) in [7, 11) is 0. The molecule has 1 nitrogen and oxygen atoms in total. The number of allylic oxidation sites excluding steroid dienone is 4. The summed E-state index contributed by atoms with van der Waals surface area (Å²) >= 11 is -2.18. The number of hydrogen-bond acceptors (Lipinski definition) is 1. The van der Waals surface area contributed by atoms with Gasteiger partial charge < -0.3 is 24.8 Å². The molecule has 0 N–H and O–H groups in total. The molecule has 32 heavy (non-hydrogen) atoms. The van der Waals surface area contributed by atoms with Crippen LogP contribution in [0.1, 0.15) is 58.8 Å². The summed E-state index contributed by atoms with van der Waals surface area (Å²) in [5, 5.41) is 0. The zero-order valence-corrected chi connectivity index (χ0v) is 22.0. The molecule has 3 aromatic rings. The molecule has 4 heteroatoms. The largest absolute Gasteiger partial charge is 1.00 e. The van der Waals surface area contributed by atoms with Crippen LogP contribution in [0.15, 0.2) is 87.0 Å². The third kappa shape index (κ3) is 4.00. The fraction of sp³-hybridized carbons (Fsp3) is 0.250. The van der Waals surface area contributed by atoms with Gasteiger partial charge in [-0.2, -0.15) is 0 Å². The SMILES string of the molecule is C1=CC(c2ccoc2)=[C]([Zr+2](=[C]2CCCCC2)[CH]2c3ccccc3-c3ccccc32)C1.[Cl-].[Cl-]. The van der Waals surface area contributed by atoms with Gasteiger partial charge in [-0.1, -0.05) is 0 Å². The third-order valence-electron chi connectivity index (χ3n) is 7.05. The van der Waals surface area contributed by atoms with Gasteiger partial charge in [-0.3, -0.25) is 0 Å². The van der Waals surface area contributed by atoms with E-state index in [1.807, 2.05) is 15.7 Å². The monoisotopic (exact) mass is 538 g/mol. The maximum Gasteiger partial charge on any atom is -1.00 e. The molecule has 0 atom stereocenters. The van der Waals surface area contributed by atoms with E-state index >= 15 is 0 Å². The Bertz CT molecular complexity index is 1150. The molecule has 6 rings (SSSR count). The van der Waals surface area contributed by atoms with Crippen molar-refractivity contribution in [3.63, 3.8) is 0 Å². The molecular formula is C28H26Cl2OZr. The van der Waals surface area contributed by atoms with Crippen molar-refractivity contribution in [2.24, 2.45) is 0 Å². The molecule has 0 radical (unpaired) electrons. The van der Waals surface area contributed by atoms with Gasteiger partial charge in [0, 0.05) is 0 Å². The van der Waals surface area contributed by atoms with Crippen LogP contribution < -0.4 is 24.8 Å². The Morgan fingerprint density at radius 3 is 2.06 bits per heavy atom. The zero-order chi connectivity index (χ0) is 19.9. The molecule has 0 saturated heterocycles. The smallest absolute Gasteiger partial charge is 1.00 e. The van der Waals surface area contributed by atoms with Crippen LogP contribution >= 0.6 is 0 Å². The van der Waals surface area contributed by atoms with Gasteiger partial charge in [-0.15, -0.1) is 0 Å². The quantitative estimate of drug-likeness (QED) is 0.491. The minimum atomic E-state index is -2.18. The number of rotatable bonds is 3. The third-order valence-corrected chi connectivity index (χ3v) is 15.9. The fourth-order valence-electron chi connectivity index (χ4n) is 5.75. The van der Waals surface area contributed by atoms with Crippen molar-refractivity contribution < 1.29 is 50.5 Å². The molecule has 3 aliphatic rings. The minimum Gasteiger partial charge on any atom is -1.00 e. The minimum absolute atomic E-state index is 0. The van der Waals surface area contributed by atoms with Gasteiger partial charge in [0.05, 0.1) is 0 Å². The Morgan fingerprint density at radius 1 is 0.781 bits per heavy atom. The van der Waals surface area contributed by atoms with E-state index < -0.39 is 21.3 Å². The summed E-state index contributed by atoms with van der Waals surface area (Å²) in [6.45, 7) is 0. The molecule has 1 fully saturated rings. The first-order valence-electron chi connectivity index (χ1n) is 11.2. The second kappa shape index (κ2) is 10.2. The fourth-order valence-corrected chi connectivity index (χ4v) is 15.7. The van der Waals surface area contributed by atoms with Gasteiger partial charge in [-0.05, 0) is 0 Å². The van der Waals surface area contributed by atoms with E-state index in [1.54, 1.807) is 14.4 Å². The van der Waals surface area contributed by atoms with Gasteiger partial charge in [0.2, 0.25) is 0 Å². The Labute approximate surface area is 210 Å². The molecule has 0 amide bonds. The van der Waals surface area contributed by atoms with Gasteiger partial charge in [0.25, 0.3) is 0 Å². The second-order valence-electron chi connectivity index (χ2n) is 8.70. The molecule has 1 heterocycles. The average molecular weight is 541 g/mol. The number of benzene rings is 2. The maximum atomic E-state index is 5.49. The topological polar surface area (TPSA) is 13.1 Å². The van der Waals surface area contributed by atoms with Crippen molar-refractivity contribution in [3.05, 3.63) is 99.2 Å². The molecule has 0 bridgehead atoms. The van der Waals surface area contributed by atoms with Crippen molar-refractivity contribution in [2.75, 3.05) is 0 Å². The van der Waals surface area contributed by atoms with Crippen LogP contribution in [0.3, 0.4) is 0 Å². The summed E-state index contributed by atoms with van der Waals surface area (Å²) in [4.78, 5) is 0. The van der Waals surface area contributed by atoms with Crippen molar-refractivity contribution in [1.29, 1.82) is 0 Å². The second-order valence-corrected chi connectivity index (χ2v) is 15.4. The van der Waals surface area contributed by atoms with Crippen LogP contribution in [0.5, 0.6) is 0 Å². The normalized spacial score (nSPS) is 16.7. The van der Waals surface area contributed by atoms with Gasteiger partial charge in [-0.25, -0.2) is 0 Å². The maximum absolute atomic E-state index is 5.49. The van der Waals surface area contributed by atoms with Crippen LogP contribution in [-0.2, 0) is 21.3 Å². The predicted octanol–water partition coefficient (Wildman–Crippen LogP) is 1.48. The first kappa shape index (κ1) is 23.7. The molecule has 1 aromatic heterocycles. The van der Waals surface area contributed by atoms with Crippen molar-refractivity contribution in [1.82, 2.24) is 0 Å². The molecule has 2 aromatic carbocycles. The molecule has 0 aliphatic heterocycles. The van der Waals surface area contributed by atoms with Crippen LogP contribution in [0.2, 0.25) is 0 Å². The van der Waals surface area contributed by atoms with E-state index in [0.29, 0.717) is 3.63 Å². The summed E-state index contributed by atoms with van der Waals surface area (Å²) in [6, 6.07) is 20.6. The number of hydrogen-bond donors (Lipinski definition) is 0. The predicted molar refractivity (Wildman–Crippen MR) is 121 cm³/mol. The molecule has 0 unspecified atom stereocenters. The van der Waals surface area contributed by atoms with Crippen LogP contribution in [0.25, 0.3) is 16.7 Å². The Morgan fingerprint density at radius 2 is 1.44 bits per heavy atom. The van der Waals surface area contributed by atoms with Crippen molar-refractivity contribution in [3.8, 4) is 11.1 Å². The molecule has 3 aliphatic carbocycles. The molecule has 0 spiro atoms. The number of furan rings is 1. The summed E-state index contributed by atoms with van der Waals surface area (Å²) in [5.74, 6) is 0. The standard InChI is InChI=1S/C13H9.C9H7O.C6H10.2ClH.Zr/c1-3-7-12-10(5-1)9-11-6-2-4-8-13(11)12;1-2-4-8(3-1)9-5-6-10-7-9;1-2-4-6-5-3-1;;;/h1-9H;1,3,5-7H,2H2;1-5H2;2*1H;/q;;;;;+2/p-2. The van der Waals surface area contributed by atoms with Crippen LogP contribution in [0, 0.1) is 0 Å². The van der Waals surface area contributed by atoms with Crippen LogP contribution in [0.4, 0.5) is 0 Å². The summed E-state index contributed by atoms with van der Waals surface area (Å²) in [5.41, 5.74) is 8.88. The van der Waals surface area contributed by atoms with E-state index in [2.05, 4.69) is 66.7 Å². The summed E-state index contributed by atoms with van der Waals surface area (Å²) in [6.07, 6.45) is 16.6.